The Hall–Kier alpha value is -1.48. The number of aliphatic imine (C=N–C) groups is 1. The standard InChI is InChI=1S/C12H10ClNO2/c1-2-14-10-9(13)11(15)7-5-3-4-6-8(7)12(10)16/h3-6,9H,2H2,1H3. The third-order valence-electron chi connectivity index (χ3n) is 2.47. The molecule has 3 nitrogen and oxygen atoms in total. The van der Waals surface area contributed by atoms with Crippen molar-refractivity contribution in [2.75, 3.05) is 6.54 Å². The van der Waals surface area contributed by atoms with Gasteiger partial charge in [-0.05, 0) is 6.92 Å². The van der Waals surface area contributed by atoms with E-state index in [1.165, 1.54) is 0 Å². The van der Waals surface area contributed by atoms with E-state index in [1.807, 2.05) is 0 Å². The van der Waals surface area contributed by atoms with Gasteiger partial charge < -0.3 is 0 Å². The number of benzene rings is 1. The number of alkyl halides is 1. The van der Waals surface area contributed by atoms with Gasteiger partial charge in [-0.2, -0.15) is 0 Å². The first-order valence-corrected chi connectivity index (χ1v) is 5.46. The van der Waals surface area contributed by atoms with Crippen LogP contribution in [0, 0.1) is 0 Å². The van der Waals surface area contributed by atoms with Crippen LogP contribution in [0.25, 0.3) is 0 Å². The van der Waals surface area contributed by atoms with Gasteiger partial charge in [0.25, 0.3) is 0 Å². The molecule has 1 aromatic carbocycles. The van der Waals surface area contributed by atoms with Gasteiger partial charge in [0.1, 0.15) is 11.1 Å². The Morgan fingerprint density at radius 2 is 1.88 bits per heavy atom. The Bertz CT molecular complexity index is 494. The van der Waals surface area contributed by atoms with Crippen molar-refractivity contribution in [3.63, 3.8) is 0 Å². The van der Waals surface area contributed by atoms with Crippen LogP contribution in [-0.2, 0) is 0 Å². The van der Waals surface area contributed by atoms with Crippen molar-refractivity contribution in [3.05, 3.63) is 35.4 Å². The lowest BCUT2D eigenvalue weighted by molar-refractivity contribution is 0.0967. The van der Waals surface area contributed by atoms with Crippen LogP contribution in [0.2, 0.25) is 0 Å². The van der Waals surface area contributed by atoms with Crippen LogP contribution in [0.4, 0.5) is 0 Å². The lowest BCUT2D eigenvalue weighted by atomic mass is 9.88. The van der Waals surface area contributed by atoms with Crippen LogP contribution < -0.4 is 0 Å². The van der Waals surface area contributed by atoms with E-state index in [-0.39, 0.29) is 17.3 Å². The summed E-state index contributed by atoms with van der Waals surface area (Å²) in [7, 11) is 0. The second-order valence-corrected chi connectivity index (χ2v) is 3.90. The van der Waals surface area contributed by atoms with Crippen molar-refractivity contribution in [1.29, 1.82) is 0 Å². The highest BCUT2D eigenvalue weighted by Crippen LogP contribution is 2.23. The summed E-state index contributed by atoms with van der Waals surface area (Å²) in [5.41, 5.74) is 0.951. The summed E-state index contributed by atoms with van der Waals surface area (Å²) in [6, 6.07) is 6.69. The van der Waals surface area contributed by atoms with Gasteiger partial charge >= 0.3 is 0 Å². The number of hydrogen-bond acceptors (Lipinski definition) is 3. The van der Waals surface area contributed by atoms with Crippen molar-refractivity contribution in [2.24, 2.45) is 4.99 Å². The maximum Gasteiger partial charge on any atom is 0.209 e. The minimum absolute atomic E-state index is 0.160. The summed E-state index contributed by atoms with van der Waals surface area (Å²) in [5.74, 6) is -0.485. The van der Waals surface area contributed by atoms with Gasteiger partial charge in [0, 0.05) is 17.7 Å². The number of nitrogens with zero attached hydrogens (tertiary/aromatic N) is 1. The summed E-state index contributed by atoms with van der Waals surface area (Å²) in [5, 5.41) is -0.942. The smallest absolute Gasteiger partial charge is 0.209 e. The third kappa shape index (κ3) is 1.57. The molecule has 1 aromatic rings. The first-order chi connectivity index (χ1) is 7.66. The van der Waals surface area contributed by atoms with E-state index in [9.17, 15) is 9.59 Å². The number of carbonyl (C=O) groups excluding carboxylic acids is 2. The van der Waals surface area contributed by atoms with Gasteiger partial charge in [-0.25, -0.2) is 0 Å². The van der Waals surface area contributed by atoms with Crippen LogP contribution >= 0.6 is 11.6 Å². The molecule has 82 valence electrons. The van der Waals surface area contributed by atoms with Gasteiger partial charge in [0.15, 0.2) is 5.78 Å². The fourth-order valence-corrected chi connectivity index (χ4v) is 2.02. The quantitative estimate of drug-likeness (QED) is 0.700. The molecule has 2 rings (SSSR count). The minimum Gasteiger partial charge on any atom is -0.292 e. The average molecular weight is 236 g/mol. The van der Waals surface area contributed by atoms with Crippen molar-refractivity contribution >= 4 is 28.9 Å². The molecule has 0 N–H and O–H groups in total. The zero-order chi connectivity index (χ0) is 11.7. The maximum atomic E-state index is 12.0. The first-order valence-electron chi connectivity index (χ1n) is 5.03. The van der Waals surface area contributed by atoms with E-state index in [1.54, 1.807) is 31.2 Å². The molecule has 0 spiro atoms. The SMILES string of the molecule is CCN=C1C(=O)c2ccccc2C(=O)C1Cl. The van der Waals surface area contributed by atoms with Gasteiger partial charge in [-0.1, -0.05) is 24.3 Å². The molecule has 1 aliphatic rings. The largest absolute Gasteiger partial charge is 0.292 e. The van der Waals surface area contributed by atoms with Gasteiger partial charge in [-0.3, -0.25) is 14.6 Å². The fraction of sp³-hybridized carbons (Fsp3) is 0.250. The number of halogens is 1. The Balaban J connectivity index is 2.61. The van der Waals surface area contributed by atoms with E-state index < -0.39 is 5.38 Å². The lowest BCUT2D eigenvalue weighted by Gasteiger charge is -2.19. The highest BCUT2D eigenvalue weighted by molar-refractivity contribution is 6.64. The molecule has 0 bridgehead atoms. The number of Topliss-reactive ketones (excluding diaryl/α,β-unsaturated/α-hetero) is 2. The minimum atomic E-state index is -0.942. The summed E-state index contributed by atoms with van der Waals surface area (Å²) in [4.78, 5) is 27.9. The van der Waals surface area contributed by atoms with Crippen LogP contribution in [0.5, 0.6) is 0 Å². The second kappa shape index (κ2) is 4.18. The summed E-state index contributed by atoms with van der Waals surface area (Å²) < 4.78 is 0. The fourth-order valence-electron chi connectivity index (χ4n) is 1.73. The van der Waals surface area contributed by atoms with Crippen molar-refractivity contribution in [1.82, 2.24) is 0 Å². The summed E-state index contributed by atoms with van der Waals surface area (Å²) in [6.45, 7) is 2.24. The van der Waals surface area contributed by atoms with Crippen LogP contribution in [0.1, 0.15) is 27.6 Å². The predicted molar refractivity (Wildman–Crippen MR) is 62.7 cm³/mol. The maximum absolute atomic E-state index is 12.0. The van der Waals surface area contributed by atoms with Crippen molar-refractivity contribution in [2.45, 2.75) is 12.3 Å². The van der Waals surface area contributed by atoms with E-state index in [2.05, 4.69) is 4.99 Å². The van der Waals surface area contributed by atoms with Crippen LogP contribution in [0.3, 0.4) is 0 Å². The number of carbonyl (C=O) groups is 2. The van der Waals surface area contributed by atoms with E-state index in [0.29, 0.717) is 17.7 Å². The Morgan fingerprint density at radius 1 is 1.25 bits per heavy atom. The molecule has 4 heteroatoms. The highest BCUT2D eigenvalue weighted by Gasteiger charge is 2.36. The molecule has 1 aliphatic carbocycles. The topological polar surface area (TPSA) is 46.5 Å². The lowest BCUT2D eigenvalue weighted by Crippen LogP contribution is -2.38. The number of hydrogen-bond donors (Lipinski definition) is 0. The average Bonchev–Trinajstić information content (AvgIpc) is 2.32. The molecule has 0 saturated heterocycles. The second-order valence-electron chi connectivity index (χ2n) is 3.46. The highest BCUT2D eigenvalue weighted by atomic mass is 35.5. The zero-order valence-corrected chi connectivity index (χ0v) is 9.49. The molecular formula is C12H10ClNO2. The molecule has 0 aliphatic heterocycles. The number of rotatable bonds is 1. The molecule has 0 heterocycles. The van der Waals surface area contributed by atoms with Gasteiger partial charge in [-0.15, -0.1) is 11.6 Å². The molecule has 0 radical (unpaired) electrons. The number of ketones is 2. The molecule has 0 saturated carbocycles. The molecule has 0 amide bonds. The Morgan fingerprint density at radius 3 is 2.50 bits per heavy atom. The van der Waals surface area contributed by atoms with Crippen molar-refractivity contribution < 1.29 is 9.59 Å². The monoisotopic (exact) mass is 235 g/mol. The van der Waals surface area contributed by atoms with E-state index in [4.69, 9.17) is 11.6 Å². The summed E-state index contributed by atoms with van der Waals surface area (Å²) in [6.07, 6.45) is 0. The third-order valence-corrected chi connectivity index (χ3v) is 2.87. The van der Waals surface area contributed by atoms with E-state index >= 15 is 0 Å². The van der Waals surface area contributed by atoms with Gasteiger partial charge in [0.2, 0.25) is 5.78 Å². The van der Waals surface area contributed by atoms with Crippen LogP contribution in [0.15, 0.2) is 29.3 Å². The number of fused-ring (bicyclic) bond motifs is 1. The van der Waals surface area contributed by atoms with Gasteiger partial charge in [0.05, 0.1) is 0 Å². The predicted octanol–water partition coefficient (Wildman–Crippen LogP) is 2.13. The molecule has 0 fully saturated rings. The summed E-state index contributed by atoms with van der Waals surface area (Å²) >= 11 is 5.93. The Labute approximate surface area is 98.1 Å². The normalized spacial score (nSPS) is 22.4. The molecule has 0 aromatic heterocycles. The van der Waals surface area contributed by atoms with Crippen LogP contribution in [-0.4, -0.2) is 29.2 Å². The van der Waals surface area contributed by atoms with Crippen molar-refractivity contribution in [3.8, 4) is 0 Å². The first kappa shape index (κ1) is 11.0. The molecule has 1 atom stereocenters. The zero-order valence-electron chi connectivity index (χ0n) is 8.74. The Kier molecular flexibility index (Phi) is 2.88. The molecule has 16 heavy (non-hydrogen) atoms. The van der Waals surface area contributed by atoms with E-state index in [0.717, 1.165) is 0 Å². The molecular weight excluding hydrogens is 226 g/mol. The molecule has 1 unspecified atom stereocenters.